The van der Waals surface area contributed by atoms with Gasteiger partial charge in [0.2, 0.25) is 0 Å². The highest BCUT2D eigenvalue weighted by molar-refractivity contribution is 7.93. The Bertz CT molecular complexity index is 1570. The molecule has 8 heteroatoms. The zero-order valence-corrected chi connectivity index (χ0v) is 18.6. The van der Waals surface area contributed by atoms with Crippen LogP contribution in [0.1, 0.15) is 32.9 Å². The third-order valence-electron chi connectivity index (χ3n) is 5.00. The number of fused-ring (bicyclic) bond motifs is 1. The molecule has 0 atom stereocenters. The van der Waals surface area contributed by atoms with Gasteiger partial charge in [-0.15, -0.1) is 0 Å². The summed E-state index contributed by atoms with van der Waals surface area (Å²) in [6.07, 6.45) is 1.56. The van der Waals surface area contributed by atoms with Crippen molar-refractivity contribution in [2.75, 3.05) is 4.72 Å². The molecule has 33 heavy (non-hydrogen) atoms. The number of sulfonamides is 1. The summed E-state index contributed by atoms with van der Waals surface area (Å²) >= 11 is 0. The molecule has 4 aromatic rings. The van der Waals surface area contributed by atoms with E-state index in [9.17, 15) is 13.2 Å². The number of para-hydroxylation sites is 1. The Kier molecular flexibility index (Phi) is 5.82. The predicted octanol–water partition coefficient (Wildman–Crippen LogP) is 4.15. The molecular formula is C25H19N3O4S. The quantitative estimate of drug-likeness (QED) is 0.446. The molecule has 0 saturated heterocycles. The van der Waals surface area contributed by atoms with E-state index in [1.54, 1.807) is 62.5 Å². The Hall–Kier alpha value is -4.22. The van der Waals surface area contributed by atoms with Crippen LogP contribution >= 0.6 is 0 Å². The smallest absolute Gasteiger partial charge is 0.354 e. The van der Waals surface area contributed by atoms with Crippen molar-refractivity contribution in [2.24, 2.45) is 0 Å². The van der Waals surface area contributed by atoms with Crippen LogP contribution in [0.3, 0.4) is 0 Å². The van der Waals surface area contributed by atoms with Crippen molar-refractivity contribution in [1.82, 2.24) is 9.97 Å². The molecule has 0 aliphatic carbocycles. The fourth-order valence-corrected chi connectivity index (χ4v) is 4.87. The average molecular weight is 458 g/mol. The van der Waals surface area contributed by atoms with Gasteiger partial charge in [-0.25, -0.2) is 18.2 Å². The molecule has 0 unspecified atom stereocenters. The molecule has 2 aromatic carbocycles. The van der Waals surface area contributed by atoms with Crippen molar-refractivity contribution in [3.63, 3.8) is 0 Å². The molecule has 7 nitrogen and oxygen atoms in total. The highest BCUT2D eigenvalue weighted by atomic mass is 32.2. The number of aromatic carboxylic acids is 1. The van der Waals surface area contributed by atoms with E-state index in [1.807, 2.05) is 12.1 Å². The summed E-state index contributed by atoms with van der Waals surface area (Å²) in [6.45, 7) is 3.40. The standard InChI is InChI=1S/C25H19N3O4S/c1-16-9-10-20-7-5-15-26-23(20)24(16)33(31,32)28-21-8-4-3-6-19(21)12-11-18-13-14-22(25(29)30)27-17(18)2/h3-10,13-15,28H,1-2H3,(H,29,30). The normalized spacial score (nSPS) is 11.0. The largest absolute Gasteiger partial charge is 0.477 e. The lowest BCUT2D eigenvalue weighted by Gasteiger charge is -2.13. The number of carboxylic acids is 1. The van der Waals surface area contributed by atoms with E-state index in [4.69, 9.17) is 5.11 Å². The number of pyridine rings is 2. The number of nitrogens with one attached hydrogen (secondary N) is 1. The monoisotopic (exact) mass is 457 g/mol. The van der Waals surface area contributed by atoms with E-state index in [-0.39, 0.29) is 10.6 Å². The molecule has 0 spiro atoms. The average Bonchev–Trinajstić information content (AvgIpc) is 2.78. The number of aromatic nitrogens is 2. The van der Waals surface area contributed by atoms with Crippen LogP contribution in [0.2, 0.25) is 0 Å². The van der Waals surface area contributed by atoms with Gasteiger partial charge < -0.3 is 5.11 Å². The van der Waals surface area contributed by atoms with Crippen LogP contribution in [0.15, 0.2) is 71.8 Å². The van der Waals surface area contributed by atoms with Crippen LogP contribution in [0.4, 0.5) is 5.69 Å². The SMILES string of the molecule is Cc1ccc2cccnc2c1S(=O)(=O)Nc1ccccc1C#Cc1ccc(C(=O)O)nc1C. The number of aryl methyl sites for hydroxylation is 2. The van der Waals surface area contributed by atoms with Crippen LogP contribution in [0, 0.1) is 25.7 Å². The molecule has 0 fully saturated rings. The fourth-order valence-electron chi connectivity index (χ4n) is 3.38. The van der Waals surface area contributed by atoms with Crippen molar-refractivity contribution in [2.45, 2.75) is 18.7 Å². The van der Waals surface area contributed by atoms with Gasteiger partial charge >= 0.3 is 5.97 Å². The second-order valence-corrected chi connectivity index (χ2v) is 8.94. The number of benzene rings is 2. The molecule has 0 saturated carbocycles. The van der Waals surface area contributed by atoms with Gasteiger partial charge in [-0.2, -0.15) is 0 Å². The topological polar surface area (TPSA) is 109 Å². The van der Waals surface area contributed by atoms with Crippen molar-refractivity contribution in [1.29, 1.82) is 0 Å². The highest BCUT2D eigenvalue weighted by Crippen LogP contribution is 2.27. The van der Waals surface area contributed by atoms with E-state index >= 15 is 0 Å². The first-order chi connectivity index (χ1) is 15.8. The number of carbonyl (C=O) groups is 1. The maximum Gasteiger partial charge on any atom is 0.354 e. The zero-order valence-electron chi connectivity index (χ0n) is 17.8. The molecule has 0 bridgehead atoms. The van der Waals surface area contributed by atoms with Gasteiger partial charge in [0.1, 0.15) is 10.6 Å². The first-order valence-corrected chi connectivity index (χ1v) is 11.4. The van der Waals surface area contributed by atoms with Gasteiger partial charge in [-0.1, -0.05) is 42.2 Å². The molecule has 2 heterocycles. The van der Waals surface area contributed by atoms with Crippen LogP contribution in [0.5, 0.6) is 0 Å². The Morgan fingerprint density at radius 2 is 1.70 bits per heavy atom. The van der Waals surface area contributed by atoms with Crippen molar-refractivity contribution in [3.8, 4) is 11.8 Å². The van der Waals surface area contributed by atoms with Crippen LogP contribution in [-0.2, 0) is 10.0 Å². The highest BCUT2D eigenvalue weighted by Gasteiger charge is 2.22. The summed E-state index contributed by atoms with van der Waals surface area (Å²) in [7, 11) is -3.96. The lowest BCUT2D eigenvalue weighted by molar-refractivity contribution is 0.0690. The number of nitrogens with zero attached hydrogens (tertiary/aromatic N) is 2. The van der Waals surface area contributed by atoms with Crippen LogP contribution in [-0.4, -0.2) is 29.5 Å². The second-order valence-electron chi connectivity index (χ2n) is 7.32. The van der Waals surface area contributed by atoms with Gasteiger partial charge in [0, 0.05) is 22.7 Å². The van der Waals surface area contributed by atoms with Crippen LogP contribution in [0.25, 0.3) is 10.9 Å². The summed E-state index contributed by atoms with van der Waals surface area (Å²) in [4.78, 5) is 19.5. The Balaban J connectivity index is 1.73. The lowest BCUT2D eigenvalue weighted by Crippen LogP contribution is -2.16. The Labute approximate surface area is 191 Å². The number of hydrogen-bond donors (Lipinski definition) is 2. The summed E-state index contributed by atoms with van der Waals surface area (Å²) in [6, 6.07) is 16.9. The fraction of sp³-hybridized carbons (Fsp3) is 0.0800. The van der Waals surface area contributed by atoms with Crippen LogP contribution < -0.4 is 4.72 Å². The van der Waals surface area contributed by atoms with E-state index in [2.05, 4.69) is 26.5 Å². The summed E-state index contributed by atoms with van der Waals surface area (Å²) in [5, 5.41) is 9.79. The number of rotatable bonds is 4. The molecule has 2 aromatic heterocycles. The van der Waals surface area contributed by atoms with Crippen molar-refractivity contribution in [3.05, 3.63) is 94.9 Å². The Morgan fingerprint density at radius 3 is 2.45 bits per heavy atom. The lowest BCUT2D eigenvalue weighted by atomic mass is 10.1. The first-order valence-electron chi connectivity index (χ1n) is 9.95. The summed E-state index contributed by atoms with van der Waals surface area (Å²) < 4.78 is 29.4. The third-order valence-corrected chi connectivity index (χ3v) is 6.54. The minimum atomic E-state index is -3.96. The third kappa shape index (κ3) is 4.54. The molecule has 164 valence electrons. The molecular weight excluding hydrogens is 438 g/mol. The van der Waals surface area contributed by atoms with Gasteiger partial charge in [-0.05, 0) is 49.7 Å². The van der Waals surface area contributed by atoms with Gasteiger partial charge in [0.15, 0.2) is 0 Å². The minimum absolute atomic E-state index is 0.0646. The van der Waals surface area contributed by atoms with Gasteiger partial charge in [0.05, 0.1) is 16.9 Å². The maximum atomic E-state index is 13.4. The predicted molar refractivity (Wildman–Crippen MR) is 126 cm³/mol. The molecule has 0 aliphatic rings. The molecule has 4 rings (SSSR count). The molecule has 2 N–H and O–H groups in total. The van der Waals surface area contributed by atoms with E-state index < -0.39 is 16.0 Å². The number of hydrogen-bond acceptors (Lipinski definition) is 5. The van der Waals surface area contributed by atoms with E-state index in [0.717, 1.165) is 5.39 Å². The number of anilines is 1. The van der Waals surface area contributed by atoms with E-state index in [1.165, 1.54) is 6.07 Å². The first kappa shape index (κ1) is 22.0. The molecule has 0 amide bonds. The van der Waals surface area contributed by atoms with Gasteiger partial charge in [0.25, 0.3) is 10.0 Å². The van der Waals surface area contributed by atoms with Gasteiger partial charge in [-0.3, -0.25) is 9.71 Å². The van der Waals surface area contributed by atoms with Crippen molar-refractivity contribution < 1.29 is 18.3 Å². The second kappa shape index (κ2) is 8.73. The summed E-state index contributed by atoms with van der Waals surface area (Å²) in [5.41, 5.74) is 2.72. The molecule has 0 aliphatic heterocycles. The summed E-state index contributed by atoms with van der Waals surface area (Å²) in [5.74, 6) is 4.80. The maximum absolute atomic E-state index is 13.4. The van der Waals surface area contributed by atoms with Crippen molar-refractivity contribution >= 4 is 32.6 Å². The Morgan fingerprint density at radius 1 is 0.939 bits per heavy atom. The zero-order chi connectivity index (χ0) is 23.6. The minimum Gasteiger partial charge on any atom is -0.477 e. The number of carboxylic acid groups (broad SMARTS) is 1. The molecule has 0 radical (unpaired) electrons. The van der Waals surface area contributed by atoms with E-state index in [0.29, 0.717) is 33.6 Å².